The van der Waals surface area contributed by atoms with E-state index in [1.807, 2.05) is 0 Å². The highest BCUT2D eigenvalue weighted by Gasteiger charge is 2.23. The molecule has 0 amide bonds. The molecule has 0 aliphatic carbocycles. The Kier molecular flexibility index (Phi) is 11.8. The third kappa shape index (κ3) is 7.57. The molecule has 329 valence electrons. The summed E-state index contributed by atoms with van der Waals surface area (Å²) in [6.07, 6.45) is 0. The Balaban J connectivity index is 0.00000592. The topological polar surface area (TPSA) is 43.6 Å². The molecule has 9 aromatic rings. The lowest BCUT2D eigenvalue weighted by Crippen LogP contribution is -2.06. The molecule has 9 rings (SSSR count). The number of hydrogen-bond acceptors (Lipinski definition) is 3. The fourth-order valence-electron chi connectivity index (χ4n) is 11.1. The number of aromatic nitrogens is 4. The van der Waals surface area contributed by atoms with E-state index >= 15 is 0 Å². The molecule has 5 heteroatoms. The highest BCUT2D eigenvalue weighted by Crippen LogP contribution is 2.43. The van der Waals surface area contributed by atoms with Crippen molar-refractivity contribution in [2.24, 2.45) is 0 Å². The minimum absolute atomic E-state index is 0. The minimum Gasteiger partial charge on any atom is -0.309 e. The van der Waals surface area contributed by atoms with Crippen LogP contribution < -0.4 is 0 Å². The van der Waals surface area contributed by atoms with Gasteiger partial charge in [-0.05, 0) is 247 Å². The first kappa shape index (κ1) is 46.0. The molecule has 0 fully saturated rings. The molecule has 2 heterocycles. The second kappa shape index (κ2) is 17.0. The van der Waals surface area contributed by atoms with E-state index in [0.29, 0.717) is 17.5 Å². The van der Waals surface area contributed by atoms with Gasteiger partial charge in [0, 0.05) is 35.9 Å². The fraction of sp³-hybridized carbons (Fsp3) is 0.262. The van der Waals surface area contributed by atoms with Crippen LogP contribution in [0.15, 0.2) is 84.9 Å². The van der Waals surface area contributed by atoms with Gasteiger partial charge >= 0.3 is 0 Å². The molecule has 0 unspecified atom stereocenters. The highest BCUT2D eigenvalue weighted by molar-refractivity contribution is 6.12. The maximum Gasteiger partial charge on any atom is 0.164 e. The Morgan fingerprint density at radius 2 is 0.636 bits per heavy atom. The van der Waals surface area contributed by atoms with Crippen molar-refractivity contribution < 1.29 is 0 Å². The molecule has 0 N–H and O–H groups in total. The normalized spacial score (nSPS) is 11.5. The second-order valence-corrected chi connectivity index (χ2v) is 19.4. The van der Waals surface area contributed by atoms with Crippen LogP contribution in [0, 0.1) is 111 Å². The van der Waals surface area contributed by atoms with E-state index < -0.39 is 0 Å². The number of hydrogen-bond donors (Lipinski definition) is 0. The number of aryl methyl sites for hydroxylation is 12. The molecule has 0 bridgehead atoms. The summed E-state index contributed by atoms with van der Waals surface area (Å²) in [7, 11) is 0. The van der Waals surface area contributed by atoms with Crippen LogP contribution >= 0.6 is 0 Å². The maximum atomic E-state index is 5.30. The quantitative estimate of drug-likeness (QED) is 0.156. The van der Waals surface area contributed by atoms with Crippen molar-refractivity contribution in [3.05, 3.63) is 174 Å². The van der Waals surface area contributed by atoms with Crippen molar-refractivity contribution in [1.29, 1.82) is 0 Å². The zero-order valence-corrected chi connectivity index (χ0v) is 41.9. The molecular weight excluding hydrogens is 800 g/mol. The maximum absolute atomic E-state index is 5.30. The summed E-state index contributed by atoms with van der Waals surface area (Å²) in [5.41, 5.74) is 31.9. The van der Waals surface area contributed by atoms with E-state index in [0.717, 1.165) is 50.1 Å². The first-order valence-electron chi connectivity index (χ1n) is 23.1. The zero-order chi connectivity index (χ0) is 46.5. The van der Waals surface area contributed by atoms with Crippen LogP contribution in [0.4, 0.5) is 0 Å². The predicted molar refractivity (Wildman–Crippen MR) is 283 cm³/mol. The lowest BCUT2D eigenvalue weighted by atomic mass is 9.88. The highest BCUT2D eigenvalue weighted by atomic mass is 15.0. The Morgan fingerprint density at radius 1 is 0.303 bits per heavy atom. The number of fused-ring (bicyclic) bond motifs is 3. The van der Waals surface area contributed by atoms with Crippen molar-refractivity contribution in [2.45, 2.75) is 111 Å². The van der Waals surface area contributed by atoms with Crippen LogP contribution in [0.2, 0.25) is 0 Å². The van der Waals surface area contributed by atoms with Crippen molar-refractivity contribution in [3.8, 4) is 62.1 Å². The van der Waals surface area contributed by atoms with Gasteiger partial charge in [0.15, 0.2) is 17.5 Å². The standard InChI is InChI=1S/C61H62N4.B/c1-31-21-37(7)54(38(8)22-31)60-62-59(63-61(64-60)55-39(9)23-32(2)24-40(55)10)49-27-41(11)58(42(12)28-49)65-52-19-17-47(56-43(13)33(3)25-34(4)44(56)14)29-50(52)51-30-48(18-20-53(51)65)57-45(15)35(5)26-36(6)46(57)16;/h17-30H,1-16H3;. The molecule has 7 aromatic carbocycles. The van der Waals surface area contributed by atoms with Gasteiger partial charge in [0.25, 0.3) is 0 Å². The Labute approximate surface area is 394 Å². The average molecular weight is 862 g/mol. The molecule has 4 nitrogen and oxygen atoms in total. The lowest BCUT2D eigenvalue weighted by Gasteiger charge is -2.18. The molecule has 0 saturated heterocycles. The predicted octanol–water partition coefficient (Wildman–Crippen LogP) is 15.9. The molecule has 66 heavy (non-hydrogen) atoms. The zero-order valence-electron chi connectivity index (χ0n) is 41.9. The summed E-state index contributed by atoms with van der Waals surface area (Å²) in [6.45, 7) is 35.4. The van der Waals surface area contributed by atoms with Gasteiger partial charge < -0.3 is 4.57 Å². The molecule has 0 saturated carbocycles. The summed E-state index contributed by atoms with van der Waals surface area (Å²) in [6, 6.07) is 32.4. The molecule has 3 radical (unpaired) electrons. The van der Waals surface area contributed by atoms with Crippen LogP contribution in [0.3, 0.4) is 0 Å². The van der Waals surface area contributed by atoms with Crippen molar-refractivity contribution in [3.63, 3.8) is 0 Å². The SMILES string of the molecule is Cc1cc(C)c(-c2nc(-c3cc(C)c(-n4c5ccc(-c6c(C)c(C)cc(C)c6C)cc5c5cc(-c6c(C)c(C)cc(C)c6C)ccc54)c(C)c3)nc(-c3c(C)cc(C)cc3C)n2)c(C)c1.[B]. The van der Waals surface area contributed by atoms with Crippen molar-refractivity contribution in [1.82, 2.24) is 19.5 Å². The van der Waals surface area contributed by atoms with E-state index in [-0.39, 0.29) is 8.41 Å². The third-order valence-corrected chi connectivity index (χ3v) is 14.5. The van der Waals surface area contributed by atoms with Crippen LogP contribution in [-0.4, -0.2) is 27.9 Å². The van der Waals surface area contributed by atoms with Crippen LogP contribution in [0.5, 0.6) is 0 Å². The number of benzene rings is 7. The molecule has 0 aliphatic heterocycles. The van der Waals surface area contributed by atoms with E-state index in [2.05, 4.69) is 200 Å². The molecule has 0 aliphatic rings. The monoisotopic (exact) mass is 862 g/mol. The van der Waals surface area contributed by atoms with E-state index in [4.69, 9.17) is 15.0 Å². The van der Waals surface area contributed by atoms with Crippen molar-refractivity contribution in [2.75, 3.05) is 0 Å². The second-order valence-electron chi connectivity index (χ2n) is 19.4. The Morgan fingerprint density at radius 3 is 0.985 bits per heavy atom. The molecule has 2 aromatic heterocycles. The summed E-state index contributed by atoms with van der Waals surface area (Å²) >= 11 is 0. The van der Waals surface area contributed by atoms with Gasteiger partial charge in [-0.3, -0.25) is 0 Å². The summed E-state index contributed by atoms with van der Waals surface area (Å²) in [5, 5.41) is 2.50. The van der Waals surface area contributed by atoms with E-state index in [9.17, 15) is 0 Å². The van der Waals surface area contributed by atoms with Gasteiger partial charge in [0.05, 0.1) is 16.7 Å². The third-order valence-electron chi connectivity index (χ3n) is 14.5. The summed E-state index contributed by atoms with van der Waals surface area (Å²) < 4.78 is 2.50. The van der Waals surface area contributed by atoms with E-state index in [1.54, 1.807) is 0 Å². The van der Waals surface area contributed by atoms with Gasteiger partial charge in [-0.15, -0.1) is 0 Å². The number of rotatable bonds is 6. The molecule has 0 atom stereocenters. The van der Waals surface area contributed by atoms with Crippen molar-refractivity contribution >= 4 is 30.2 Å². The largest absolute Gasteiger partial charge is 0.309 e. The van der Waals surface area contributed by atoms with E-state index in [1.165, 1.54) is 105 Å². The van der Waals surface area contributed by atoms with Gasteiger partial charge in [-0.1, -0.05) is 59.7 Å². The lowest BCUT2D eigenvalue weighted by molar-refractivity contribution is 1.05. The van der Waals surface area contributed by atoms with Gasteiger partial charge in [0.1, 0.15) is 0 Å². The van der Waals surface area contributed by atoms with Crippen LogP contribution in [-0.2, 0) is 0 Å². The first-order valence-corrected chi connectivity index (χ1v) is 23.1. The molecular formula is C61H62BN4. The van der Waals surface area contributed by atoms with Crippen LogP contribution in [0.1, 0.15) is 89.0 Å². The summed E-state index contributed by atoms with van der Waals surface area (Å²) in [5.74, 6) is 2.09. The number of nitrogens with zero attached hydrogens (tertiary/aromatic N) is 4. The average Bonchev–Trinajstić information content (AvgIpc) is 3.54. The molecule has 0 spiro atoms. The van der Waals surface area contributed by atoms with Gasteiger partial charge in [0.2, 0.25) is 0 Å². The van der Waals surface area contributed by atoms with Crippen LogP contribution in [0.25, 0.3) is 83.9 Å². The smallest absolute Gasteiger partial charge is 0.164 e. The fourth-order valence-corrected chi connectivity index (χ4v) is 11.1. The Hall–Kier alpha value is -6.59. The first-order chi connectivity index (χ1) is 30.8. The minimum atomic E-state index is 0. The summed E-state index contributed by atoms with van der Waals surface area (Å²) in [4.78, 5) is 15.9. The van der Waals surface area contributed by atoms with Gasteiger partial charge in [-0.2, -0.15) is 0 Å². The Bertz CT molecular complexity index is 3170. The van der Waals surface area contributed by atoms with Gasteiger partial charge in [-0.25, -0.2) is 15.0 Å².